The molecule has 2 aromatic carbocycles. The van der Waals surface area contributed by atoms with Crippen molar-refractivity contribution < 1.29 is 18.0 Å². The molecule has 4 nitrogen and oxygen atoms in total. The van der Waals surface area contributed by atoms with Crippen molar-refractivity contribution in [3.8, 4) is 0 Å². The molecule has 8 heteroatoms. The van der Waals surface area contributed by atoms with Crippen LogP contribution >= 0.6 is 11.3 Å². The number of rotatable bonds is 2. The van der Waals surface area contributed by atoms with Crippen LogP contribution in [0.5, 0.6) is 0 Å². The van der Waals surface area contributed by atoms with Gasteiger partial charge < -0.3 is 5.32 Å². The Kier molecular flexibility index (Phi) is 4.38. The predicted octanol–water partition coefficient (Wildman–Crippen LogP) is 5.58. The quantitative estimate of drug-likeness (QED) is 0.623. The van der Waals surface area contributed by atoms with Gasteiger partial charge in [0, 0.05) is 0 Å². The number of amides is 2. The molecule has 1 heterocycles. The molecule has 0 bridgehead atoms. The molecular weight excluding hydrogens is 351 g/mol. The number of fused-ring (bicyclic) bond motifs is 1. The molecule has 0 unspecified atom stereocenters. The summed E-state index contributed by atoms with van der Waals surface area (Å²) in [7, 11) is 0. The number of hydrogen-bond acceptors (Lipinski definition) is 3. The highest BCUT2D eigenvalue weighted by Crippen LogP contribution is 2.35. The zero-order chi connectivity index (χ0) is 18.2. The van der Waals surface area contributed by atoms with E-state index in [9.17, 15) is 18.0 Å². The molecule has 2 N–H and O–H groups in total. The van der Waals surface area contributed by atoms with Crippen molar-refractivity contribution >= 4 is 38.4 Å². The summed E-state index contributed by atoms with van der Waals surface area (Å²) in [4.78, 5) is 16.4. The molecule has 2 amide bonds. The van der Waals surface area contributed by atoms with Crippen LogP contribution in [0.3, 0.4) is 0 Å². The molecule has 0 saturated heterocycles. The van der Waals surface area contributed by atoms with Crippen LogP contribution in [0, 0.1) is 13.8 Å². The molecule has 0 aliphatic carbocycles. The second kappa shape index (κ2) is 6.36. The van der Waals surface area contributed by atoms with Gasteiger partial charge in [-0.05, 0) is 37.1 Å². The lowest BCUT2D eigenvalue weighted by atomic mass is 10.1. The van der Waals surface area contributed by atoms with Crippen LogP contribution in [-0.4, -0.2) is 11.0 Å². The third-order valence-corrected chi connectivity index (χ3v) is 4.75. The molecule has 0 saturated carbocycles. The normalized spacial score (nSPS) is 11.6. The van der Waals surface area contributed by atoms with E-state index in [0.29, 0.717) is 5.13 Å². The Morgan fingerprint density at radius 2 is 1.72 bits per heavy atom. The molecule has 3 aromatic rings. The van der Waals surface area contributed by atoms with Gasteiger partial charge in [-0.1, -0.05) is 35.6 Å². The highest BCUT2D eigenvalue weighted by molar-refractivity contribution is 7.22. The summed E-state index contributed by atoms with van der Waals surface area (Å²) >= 11 is 1.28. The number of halogens is 3. The fourth-order valence-corrected chi connectivity index (χ4v) is 3.41. The first-order valence-corrected chi connectivity index (χ1v) is 8.18. The Labute approximate surface area is 145 Å². The van der Waals surface area contributed by atoms with Gasteiger partial charge in [0.2, 0.25) is 0 Å². The number of nitrogens with zero attached hydrogens (tertiary/aromatic N) is 1. The van der Waals surface area contributed by atoms with E-state index in [4.69, 9.17) is 0 Å². The van der Waals surface area contributed by atoms with E-state index < -0.39 is 17.8 Å². The molecule has 130 valence electrons. The van der Waals surface area contributed by atoms with Crippen LogP contribution in [0.25, 0.3) is 10.2 Å². The van der Waals surface area contributed by atoms with E-state index in [1.54, 1.807) is 0 Å². The van der Waals surface area contributed by atoms with Crippen LogP contribution < -0.4 is 10.6 Å². The van der Waals surface area contributed by atoms with Crippen molar-refractivity contribution in [3.05, 3.63) is 53.1 Å². The maximum absolute atomic E-state index is 13.0. The largest absolute Gasteiger partial charge is 0.418 e. The second-order valence-electron chi connectivity index (χ2n) is 5.52. The van der Waals surface area contributed by atoms with Gasteiger partial charge in [0.15, 0.2) is 5.13 Å². The third-order valence-electron chi connectivity index (χ3n) is 3.64. The number of benzene rings is 2. The highest BCUT2D eigenvalue weighted by atomic mass is 32.1. The van der Waals surface area contributed by atoms with Gasteiger partial charge in [-0.15, -0.1) is 0 Å². The number of carbonyl (C=O) groups is 1. The Morgan fingerprint density at radius 1 is 1.04 bits per heavy atom. The molecule has 25 heavy (non-hydrogen) atoms. The van der Waals surface area contributed by atoms with E-state index in [2.05, 4.69) is 15.6 Å². The van der Waals surface area contributed by atoms with E-state index in [1.165, 1.54) is 29.5 Å². The maximum Gasteiger partial charge on any atom is 0.418 e. The molecule has 0 atom stereocenters. The van der Waals surface area contributed by atoms with E-state index >= 15 is 0 Å². The number of anilines is 2. The zero-order valence-electron chi connectivity index (χ0n) is 13.4. The zero-order valence-corrected chi connectivity index (χ0v) is 14.2. The summed E-state index contributed by atoms with van der Waals surface area (Å²) < 4.78 is 39.9. The van der Waals surface area contributed by atoms with Gasteiger partial charge in [-0.2, -0.15) is 13.2 Å². The van der Waals surface area contributed by atoms with Crippen molar-refractivity contribution in [1.29, 1.82) is 0 Å². The fourth-order valence-electron chi connectivity index (χ4n) is 2.40. The number of nitrogens with one attached hydrogen (secondary N) is 2. The third kappa shape index (κ3) is 3.58. The van der Waals surface area contributed by atoms with Gasteiger partial charge in [0.1, 0.15) is 0 Å². The topological polar surface area (TPSA) is 54.0 Å². The van der Waals surface area contributed by atoms with Crippen LogP contribution in [0.4, 0.5) is 28.8 Å². The number of urea groups is 1. The summed E-state index contributed by atoms with van der Waals surface area (Å²) in [6.45, 7) is 3.84. The van der Waals surface area contributed by atoms with Crippen LogP contribution in [0.1, 0.15) is 16.7 Å². The average molecular weight is 365 g/mol. The fraction of sp³-hybridized carbons (Fsp3) is 0.176. The summed E-state index contributed by atoms with van der Waals surface area (Å²) in [6.07, 6.45) is -4.55. The van der Waals surface area contributed by atoms with E-state index in [1.807, 2.05) is 26.0 Å². The number of para-hydroxylation sites is 1. The van der Waals surface area contributed by atoms with Gasteiger partial charge in [-0.3, -0.25) is 5.32 Å². The number of carbonyl (C=O) groups excluding carboxylic acids is 1. The molecular formula is C17H14F3N3OS. The first-order chi connectivity index (χ1) is 11.8. The number of alkyl halides is 3. The first-order valence-electron chi connectivity index (χ1n) is 7.36. The second-order valence-corrected chi connectivity index (χ2v) is 6.52. The van der Waals surface area contributed by atoms with Crippen molar-refractivity contribution in [3.63, 3.8) is 0 Å². The lowest BCUT2D eigenvalue weighted by Gasteiger charge is -2.13. The standard InChI is InChI=1S/C17H14F3N3OS/c1-9-7-8-10(2)14-13(9)22-16(25-14)23-15(24)21-12-6-4-3-5-11(12)17(18,19)20/h3-8H,1-2H3,(H2,21,22,23,24). The molecule has 0 radical (unpaired) electrons. The predicted molar refractivity (Wildman–Crippen MR) is 93.2 cm³/mol. The molecule has 0 spiro atoms. The van der Waals surface area contributed by atoms with Crippen molar-refractivity contribution in [2.45, 2.75) is 20.0 Å². The number of aryl methyl sites for hydroxylation is 2. The van der Waals surface area contributed by atoms with Gasteiger partial charge in [0.25, 0.3) is 0 Å². The number of thiazole rings is 1. The Balaban J connectivity index is 1.83. The lowest BCUT2D eigenvalue weighted by Crippen LogP contribution is -2.21. The SMILES string of the molecule is Cc1ccc(C)c2sc(NC(=O)Nc3ccccc3C(F)(F)F)nc12. The summed E-state index contributed by atoms with van der Waals surface area (Å²) in [5.41, 5.74) is 1.56. The average Bonchev–Trinajstić information content (AvgIpc) is 2.95. The molecule has 0 aliphatic heterocycles. The maximum atomic E-state index is 13.0. The Bertz CT molecular complexity index is 911. The molecule has 1 aromatic heterocycles. The minimum atomic E-state index is -4.55. The first kappa shape index (κ1) is 17.2. The van der Waals surface area contributed by atoms with Gasteiger partial charge in [-0.25, -0.2) is 9.78 Å². The van der Waals surface area contributed by atoms with Gasteiger partial charge in [0.05, 0.1) is 21.5 Å². The minimum absolute atomic E-state index is 0.305. The van der Waals surface area contributed by atoms with Crippen molar-refractivity contribution in [2.24, 2.45) is 0 Å². The Morgan fingerprint density at radius 3 is 2.40 bits per heavy atom. The smallest absolute Gasteiger partial charge is 0.307 e. The van der Waals surface area contributed by atoms with Crippen LogP contribution in [-0.2, 0) is 6.18 Å². The van der Waals surface area contributed by atoms with Crippen molar-refractivity contribution in [1.82, 2.24) is 4.98 Å². The number of aromatic nitrogens is 1. The molecule has 0 fully saturated rings. The summed E-state index contributed by atoms with van der Waals surface area (Å²) in [5, 5.41) is 5.07. The molecule has 0 aliphatic rings. The van der Waals surface area contributed by atoms with Crippen molar-refractivity contribution in [2.75, 3.05) is 10.6 Å². The monoisotopic (exact) mass is 365 g/mol. The summed E-state index contributed by atoms with van der Waals surface area (Å²) in [5.74, 6) is 0. The van der Waals surface area contributed by atoms with E-state index in [-0.39, 0.29) is 5.69 Å². The highest BCUT2D eigenvalue weighted by Gasteiger charge is 2.33. The minimum Gasteiger partial charge on any atom is -0.307 e. The summed E-state index contributed by atoms with van der Waals surface area (Å²) in [6, 6.07) is 7.93. The number of hydrogen-bond donors (Lipinski definition) is 2. The van der Waals surface area contributed by atoms with E-state index in [0.717, 1.165) is 27.4 Å². The Hall–Kier alpha value is -2.61. The molecule has 3 rings (SSSR count). The van der Waals surface area contributed by atoms with Crippen LogP contribution in [0.2, 0.25) is 0 Å². The lowest BCUT2D eigenvalue weighted by molar-refractivity contribution is -0.136. The van der Waals surface area contributed by atoms with Crippen LogP contribution in [0.15, 0.2) is 36.4 Å². The van der Waals surface area contributed by atoms with Gasteiger partial charge >= 0.3 is 12.2 Å².